The molecule has 110 valence electrons. The molecule has 5 heteroatoms. The summed E-state index contributed by atoms with van der Waals surface area (Å²) in [5, 5.41) is 30.1. The van der Waals surface area contributed by atoms with Gasteiger partial charge in [0.25, 0.3) is 0 Å². The maximum Gasteiger partial charge on any atom is 0.163 e. The molecule has 0 radical (unpaired) electrons. The smallest absolute Gasteiger partial charge is 0.163 e. The lowest BCUT2D eigenvalue weighted by Gasteiger charge is -2.31. The van der Waals surface area contributed by atoms with Crippen molar-refractivity contribution in [1.82, 2.24) is 0 Å². The van der Waals surface area contributed by atoms with Crippen molar-refractivity contribution in [2.75, 3.05) is 23.3 Å². The molecule has 1 N–H and O–H groups in total. The van der Waals surface area contributed by atoms with Gasteiger partial charge < -0.3 is 10.2 Å². The van der Waals surface area contributed by atoms with Crippen molar-refractivity contribution in [2.24, 2.45) is 0 Å². The monoisotopic (exact) mass is 291 g/mol. The molecule has 0 bridgehead atoms. The lowest BCUT2D eigenvalue weighted by atomic mass is 10.1. The van der Waals surface area contributed by atoms with Crippen molar-refractivity contribution in [3.8, 4) is 18.2 Å². The Kier molecular flexibility index (Phi) is 5.02. The number of hydrogen-bond donors (Lipinski definition) is 1. The Morgan fingerprint density at radius 1 is 1.05 bits per heavy atom. The van der Waals surface area contributed by atoms with Crippen molar-refractivity contribution in [3.05, 3.63) is 35.0 Å². The summed E-state index contributed by atoms with van der Waals surface area (Å²) in [6.07, 6.45) is 3.54. The fourth-order valence-electron chi connectivity index (χ4n) is 2.58. The summed E-state index contributed by atoms with van der Waals surface area (Å²) >= 11 is 0. The molecule has 0 aliphatic carbocycles. The molecule has 0 amide bonds. The van der Waals surface area contributed by atoms with E-state index in [1.54, 1.807) is 12.1 Å². The lowest BCUT2D eigenvalue weighted by Crippen LogP contribution is -2.30. The molecule has 1 aromatic rings. The number of allylic oxidation sites excluding steroid dienone is 2. The number of hydrogen-bond acceptors (Lipinski definition) is 5. The molecule has 0 aromatic heterocycles. The Hall–Kier alpha value is -2.97. The first-order valence-electron chi connectivity index (χ1n) is 7.26. The van der Waals surface area contributed by atoms with Gasteiger partial charge >= 0.3 is 0 Å². The highest BCUT2D eigenvalue weighted by atomic mass is 15.1. The van der Waals surface area contributed by atoms with Gasteiger partial charge in [-0.25, -0.2) is 0 Å². The van der Waals surface area contributed by atoms with Gasteiger partial charge in [0, 0.05) is 13.1 Å². The summed E-state index contributed by atoms with van der Waals surface area (Å²) in [5.41, 5.74) is 2.62. The average Bonchev–Trinajstić information content (AvgIpc) is 2.56. The van der Waals surface area contributed by atoms with Crippen LogP contribution in [-0.2, 0) is 0 Å². The van der Waals surface area contributed by atoms with Crippen LogP contribution in [0.25, 0.3) is 0 Å². The van der Waals surface area contributed by atoms with E-state index in [-0.39, 0.29) is 11.3 Å². The highest BCUT2D eigenvalue weighted by molar-refractivity contribution is 5.74. The van der Waals surface area contributed by atoms with Crippen molar-refractivity contribution < 1.29 is 0 Å². The molecule has 0 spiro atoms. The van der Waals surface area contributed by atoms with E-state index in [1.807, 2.05) is 31.2 Å². The van der Waals surface area contributed by atoms with Gasteiger partial charge in [-0.2, -0.15) is 15.8 Å². The molecule has 5 nitrogen and oxygen atoms in total. The van der Waals surface area contributed by atoms with Gasteiger partial charge in [-0.1, -0.05) is 6.07 Å². The van der Waals surface area contributed by atoms with Crippen molar-refractivity contribution in [2.45, 2.75) is 26.2 Å². The molecular weight excluding hydrogens is 274 g/mol. The third-order valence-electron chi connectivity index (χ3n) is 3.69. The van der Waals surface area contributed by atoms with Crippen LogP contribution in [0.2, 0.25) is 0 Å². The topological polar surface area (TPSA) is 86.6 Å². The van der Waals surface area contributed by atoms with Crippen molar-refractivity contribution in [3.63, 3.8) is 0 Å². The Bertz CT molecular complexity index is 690. The molecular formula is C17H17N5. The molecule has 1 heterocycles. The fraction of sp³-hybridized carbons (Fsp3) is 0.353. The number of nitriles is 3. The van der Waals surface area contributed by atoms with Crippen LogP contribution in [0, 0.1) is 40.9 Å². The quantitative estimate of drug-likeness (QED) is 0.864. The first-order chi connectivity index (χ1) is 10.7. The molecule has 1 aromatic carbocycles. The van der Waals surface area contributed by atoms with E-state index >= 15 is 0 Å². The van der Waals surface area contributed by atoms with E-state index in [2.05, 4.69) is 10.2 Å². The van der Waals surface area contributed by atoms with E-state index in [4.69, 9.17) is 10.5 Å². The van der Waals surface area contributed by atoms with Gasteiger partial charge in [-0.05, 0) is 43.9 Å². The minimum absolute atomic E-state index is 0.00569. The summed E-state index contributed by atoms with van der Waals surface area (Å²) in [4.78, 5) is 2.28. The number of rotatable bonds is 3. The molecule has 0 unspecified atom stereocenters. The van der Waals surface area contributed by atoms with E-state index < -0.39 is 0 Å². The maximum absolute atomic E-state index is 9.20. The van der Waals surface area contributed by atoms with Gasteiger partial charge in [-0.15, -0.1) is 0 Å². The highest BCUT2D eigenvalue weighted by Gasteiger charge is 2.16. The van der Waals surface area contributed by atoms with Crippen LogP contribution < -0.4 is 10.2 Å². The van der Waals surface area contributed by atoms with Crippen LogP contribution in [0.15, 0.2) is 29.5 Å². The van der Waals surface area contributed by atoms with E-state index in [9.17, 15) is 5.26 Å². The standard InChI is InChI=1S/C17H17N5/c1-13-5-6-17(22-7-3-2-4-8-22)15(9-13)21-16(12-20)14(10-18)11-19/h5-6,9,21H,2-4,7-8H2,1H3. The van der Waals surface area contributed by atoms with Crippen LogP contribution in [-0.4, -0.2) is 13.1 Å². The van der Waals surface area contributed by atoms with Gasteiger partial charge in [0.05, 0.1) is 11.4 Å². The highest BCUT2D eigenvalue weighted by Crippen LogP contribution is 2.30. The van der Waals surface area contributed by atoms with E-state index in [1.165, 1.54) is 6.42 Å². The zero-order valence-corrected chi connectivity index (χ0v) is 12.6. The van der Waals surface area contributed by atoms with Crippen LogP contribution in [0.1, 0.15) is 24.8 Å². The number of aryl methyl sites for hydroxylation is 1. The van der Waals surface area contributed by atoms with Gasteiger partial charge in [-0.3, -0.25) is 0 Å². The second-order valence-corrected chi connectivity index (χ2v) is 5.28. The Morgan fingerprint density at radius 2 is 1.73 bits per heavy atom. The molecule has 1 aliphatic rings. The molecule has 1 aliphatic heterocycles. The fourth-order valence-corrected chi connectivity index (χ4v) is 2.58. The van der Waals surface area contributed by atoms with Crippen LogP contribution >= 0.6 is 0 Å². The van der Waals surface area contributed by atoms with Crippen molar-refractivity contribution >= 4 is 11.4 Å². The first kappa shape index (κ1) is 15.4. The predicted molar refractivity (Wildman–Crippen MR) is 84.7 cm³/mol. The third-order valence-corrected chi connectivity index (χ3v) is 3.69. The van der Waals surface area contributed by atoms with E-state index in [0.29, 0.717) is 0 Å². The Labute approximate surface area is 130 Å². The number of anilines is 2. The van der Waals surface area contributed by atoms with Gasteiger partial charge in [0.15, 0.2) is 5.57 Å². The number of benzene rings is 1. The van der Waals surface area contributed by atoms with E-state index in [0.717, 1.165) is 42.9 Å². The molecule has 0 saturated carbocycles. The van der Waals surface area contributed by atoms with Crippen molar-refractivity contribution in [1.29, 1.82) is 15.8 Å². The molecule has 1 fully saturated rings. The van der Waals surface area contributed by atoms with Crippen LogP contribution in [0.4, 0.5) is 11.4 Å². The summed E-state index contributed by atoms with van der Waals surface area (Å²) in [6.45, 7) is 3.93. The minimum Gasteiger partial charge on any atom is -0.370 e. The summed E-state index contributed by atoms with van der Waals surface area (Å²) in [6, 6.07) is 11.4. The Balaban J connectivity index is 2.40. The Morgan fingerprint density at radius 3 is 2.32 bits per heavy atom. The summed E-state index contributed by atoms with van der Waals surface area (Å²) in [5.74, 6) is 0. The molecule has 22 heavy (non-hydrogen) atoms. The number of piperidine rings is 1. The minimum atomic E-state index is -0.200. The normalized spacial score (nSPS) is 13.5. The zero-order valence-electron chi connectivity index (χ0n) is 12.6. The first-order valence-corrected chi connectivity index (χ1v) is 7.26. The third kappa shape index (κ3) is 3.37. The average molecular weight is 291 g/mol. The number of nitrogens with zero attached hydrogens (tertiary/aromatic N) is 4. The largest absolute Gasteiger partial charge is 0.370 e. The second kappa shape index (κ2) is 7.16. The van der Waals surface area contributed by atoms with Crippen LogP contribution in [0.3, 0.4) is 0 Å². The summed E-state index contributed by atoms with van der Waals surface area (Å²) < 4.78 is 0. The lowest BCUT2D eigenvalue weighted by molar-refractivity contribution is 0.578. The molecule has 2 rings (SSSR count). The molecule has 1 saturated heterocycles. The van der Waals surface area contributed by atoms with Gasteiger partial charge in [0.2, 0.25) is 0 Å². The van der Waals surface area contributed by atoms with Gasteiger partial charge in [0.1, 0.15) is 23.9 Å². The zero-order chi connectivity index (χ0) is 15.9. The predicted octanol–water partition coefficient (Wildman–Crippen LogP) is 3.22. The van der Waals surface area contributed by atoms with Crippen LogP contribution in [0.5, 0.6) is 0 Å². The molecule has 0 atom stereocenters. The second-order valence-electron chi connectivity index (χ2n) is 5.28. The number of nitrogens with one attached hydrogen (secondary N) is 1. The summed E-state index contributed by atoms with van der Waals surface area (Å²) in [7, 11) is 0. The maximum atomic E-state index is 9.20. The SMILES string of the molecule is Cc1ccc(N2CCCCC2)c(NC(C#N)=C(C#N)C#N)c1.